The second-order valence-electron chi connectivity index (χ2n) is 12.7. The fourth-order valence-corrected chi connectivity index (χ4v) is 8.66. The Kier molecular flexibility index (Phi) is 9.28. The molecular weight excluding hydrogens is 661 g/mol. The number of rotatable bonds is 8. The van der Waals surface area contributed by atoms with Crippen molar-refractivity contribution in [3.63, 3.8) is 0 Å². The largest absolute Gasteiger partial charge is 0.491 e. The maximum absolute atomic E-state index is 6.30. The second kappa shape index (κ2) is 13.6. The van der Waals surface area contributed by atoms with Gasteiger partial charge < -0.3 is 25.2 Å². The Morgan fingerprint density at radius 2 is 1.76 bits per heavy atom. The van der Waals surface area contributed by atoms with Crippen molar-refractivity contribution in [2.45, 2.75) is 38.6 Å². The molecule has 2 aromatic heterocycles. The average molecular weight is 705 g/mol. The van der Waals surface area contributed by atoms with E-state index in [1.807, 2.05) is 6.07 Å². The zero-order valence-corrected chi connectivity index (χ0v) is 29.7. The molecule has 0 bridgehead atoms. The fourth-order valence-electron chi connectivity index (χ4n) is 7.16. The lowest BCUT2D eigenvalue weighted by atomic mass is 9.96. The highest BCUT2D eigenvalue weighted by Gasteiger charge is 2.31. The van der Waals surface area contributed by atoms with Crippen molar-refractivity contribution in [3.05, 3.63) is 52.4 Å². The van der Waals surface area contributed by atoms with Gasteiger partial charge >= 0.3 is 0 Å². The van der Waals surface area contributed by atoms with Gasteiger partial charge in [0.25, 0.3) is 0 Å². The minimum Gasteiger partial charge on any atom is -0.491 e. The Bertz CT molecular complexity index is 1720. The highest BCUT2D eigenvalue weighted by Crippen LogP contribution is 2.45. The Morgan fingerprint density at radius 1 is 0.978 bits per heavy atom. The van der Waals surface area contributed by atoms with Crippen LogP contribution in [0, 0.1) is 0 Å². The molecule has 3 aliphatic heterocycles. The van der Waals surface area contributed by atoms with Gasteiger partial charge in [-0.25, -0.2) is 4.98 Å². The monoisotopic (exact) mass is 703 g/mol. The summed E-state index contributed by atoms with van der Waals surface area (Å²) in [4.78, 5) is 26.5. The number of ether oxygens (including phenoxy) is 1. The van der Waals surface area contributed by atoms with E-state index in [1.54, 1.807) is 18.6 Å². The van der Waals surface area contributed by atoms with Crippen LogP contribution in [0.4, 0.5) is 28.8 Å². The number of benzene rings is 2. The Hall–Kier alpha value is -3.11. The van der Waals surface area contributed by atoms with Crippen LogP contribution in [0.2, 0.25) is 0 Å². The molecule has 0 aliphatic carbocycles. The van der Waals surface area contributed by atoms with Crippen LogP contribution in [-0.4, -0.2) is 102 Å². The van der Waals surface area contributed by atoms with Gasteiger partial charge in [-0.1, -0.05) is 14.8 Å². The first-order valence-corrected chi connectivity index (χ1v) is 19.4. The van der Waals surface area contributed by atoms with E-state index in [1.165, 1.54) is 61.1 Å². The van der Waals surface area contributed by atoms with Crippen LogP contribution in [0.25, 0.3) is 11.0 Å². The third kappa shape index (κ3) is 6.27. The molecule has 242 valence electrons. The molecule has 46 heavy (non-hydrogen) atoms. The van der Waals surface area contributed by atoms with E-state index >= 15 is 0 Å². The first kappa shape index (κ1) is 31.5. The Labute approximate surface area is 281 Å². The van der Waals surface area contributed by atoms with Crippen molar-refractivity contribution in [1.82, 2.24) is 29.7 Å². The number of piperazine rings is 1. The quantitative estimate of drug-likeness (QED) is 0.221. The predicted octanol–water partition coefficient (Wildman–Crippen LogP) is 5.75. The van der Waals surface area contributed by atoms with E-state index in [0.717, 1.165) is 58.6 Å². The average Bonchev–Trinajstić information content (AvgIpc) is 3.56. The van der Waals surface area contributed by atoms with Crippen LogP contribution in [0.15, 0.2) is 41.3 Å². The molecule has 0 spiro atoms. The summed E-state index contributed by atoms with van der Waals surface area (Å²) in [6.45, 7) is 14.3. The summed E-state index contributed by atoms with van der Waals surface area (Å²) >= 11 is 3.67. The molecule has 2 fully saturated rings. The van der Waals surface area contributed by atoms with Crippen molar-refractivity contribution in [3.8, 4) is 5.75 Å². The van der Waals surface area contributed by atoms with Crippen molar-refractivity contribution in [1.29, 1.82) is 0 Å². The van der Waals surface area contributed by atoms with Gasteiger partial charge in [0.15, 0.2) is 0 Å². The van der Waals surface area contributed by atoms with Crippen LogP contribution < -0.4 is 25.6 Å². The molecule has 7 rings (SSSR count). The van der Waals surface area contributed by atoms with Crippen molar-refractivity contribution in [2.24, 2.45) is 0 Å². The third-order valence-electron chi connectivity index (χ3n) is 9.55. The van der Waals surface area contributed by atoms with Gasteiger partial charge in [0.2, 0.25) is 5.95 Å². The van der Waals surface area contributed by atoms with Crippen LogP contribution in [0.5, 0.6) is 5.75 Å². The maximum Gasteiger partial charge on any atom is 0.229 e. The summed E-state index contributed by atoms with van der Waals surface area (Å²) in [6, 6.07) is 7.02. The molecule has 0 unspecified atom stereocenters. The van der Waals surface area contributed by atoms with E-state index in [9.17, 15) is 0 Å². The van der Waals surface area contributed by atoms with Gasteiger partial charge in [-0.15, -0.1) is 0 Å². The minimum atomic E-state index is -0.459. The zero-order chi connectivity index (χ0) is 31.8. The van der Waals surface area contributed by atoms with E-state index in [0.29, 0.717) is 24.4 Å². The first-order valence-electron chi connectivity index (χ1n) is 16.4. The Morgan fingerprint density at radius 3 is 2.52 bits per heavy atom. The van der Waals surface area contributed by atoms with Gasteiger partial charge in [0.1, 0.15) is 11.6 Å². The molecule has 2 saturated heterocycles. The molecule has 5 heterocycles. The number of anilines is 5. The van der Waals surface area contributed by atoms with E-state index in [4.69, 9.17) is 9.72 Å². The lowest BCUT2D eigenvalue weighted by Crippen LogP contribution is -2.52. The second-order valence-corrected chi connectivity index (χ2v) is 15.8. The topological polar surface area (TPSA) is 94.6 Å². The lowest BCUT2D eigenvalue weighted by molar-refractivity contribution is 0.0982. The minimum absolute atomic E-state index is 0.459. The van der Waals surface area contributed by atoms with Crippen LogP contribution in [0.1, 0.15) is 30.9 Å². The van der Waals surface area contributed by atoms with E-state index < -0.39 is 7.92 Å². The van der Waals surface area contributed by atoms with E-state index in [-0.39, 0.29) is 0 Å². The molecule has 10 nitrogen and oxygen atoms in total. The molecule has 4 aromatic rings. The predicted molar refractivity (Wildman–Crippen MR) is 194 cm³/mol. The summed E-state index contributed by atoms with van der Waals surface area (Å²) in [5, 5.41) is 8.26. The van der Waals surface area contributed by atoms with Crippen LogP contribution in [0.3, 0.4) is 0 Å². The molecule has 2 aromatic carbocycles. The number of aromatic nitrogens is 4. The number of nitrogens with zero attached hydrogens (tertiary/aromatic N) is 7. The normalized spacial score (nSPS) is 17.8. The molecular formula is C34H43BrN9OP. The van der Waals surface area contributed by atoms with Gasteiger partial charge in [-0.05, 0) is 79.3 Å². The smallest absolute Gasteiger partial charge is 0.229 e. The standard InChI is InChI=1S/C34H43BrN9OP/c1-5-22-20-28(31-24(10-19-45-31)30(22)44-13-8-23(9-14-44)43-17-15-42(2)16-18-43)40-34-38-21-25(35)33(41-34)39-27-7-6-26-29(32(27)46(3)4)37-12-11-36-26/h6-7,11-12,20-21,23H,5,8-10,13-19H2,1-4H3,(H2,38,39,40,41). The highest BCUT2D eigenvalue weighted by atomic mass is 79.9. The molecule has 0 saturated carbocycles. The number of likely N-dealkylation sites (N-methyl/N-ethyl adjacent to an activating group) is 1. The number of fused-ring (bicyclic) bond motifs is 2. The molecule has 0 radical (unpaired) electrons. The lowest BCUT2D eigenvalue weighted by Gasteiger charge is -2.43. The fraction of sp³-hybridized carbons (Fsp3) is 0.471. The highest BCUT2D eigenvalue weighted by molar-refractivity contribution is 9.10. The molecule has 3 aliphatic rings. The van der Waals surface area contributed by atoms with Crippen molar-refractivity contribution >= 4 is 69.0 Å². The number of aryl methyl sites for hydroxylation is 1. The van der Waals surface area contributed by atoms with Crippen molar-refractivity contribution in [2.75, 3.05) is 81.8 Å². The van der Waals surface area contributed by atoms with Crippen LogP contribution in [-0.2, 0) is 12.8 Å². The molecule has 12 heteroatoms. The molecule has 0 amide bonds. The van der Waals surface area contributed by atoms with Gasteiger partial charge in [0.05, 0.1) is 27.8 Å². The number of nitrogens with one attached hydrogen (secondary N) is 2. The molecule has 0 atom stereocenters. The Balaban J connectivity index is 1.13. The summed E-state index contributed by atoms with van der Waals surface area (Å²) in [5.74, 6) is 2.14. The van der Waals surface area contributed by atoms with Crippen molar-refractivity contribution < 1.29 is 4.74 Å². The third-order valence-corrected chi connectivity index (χ3v) is 11.5. The summed E-state index contributed by atoms with van der Waals surface area (Å²) in [6.07, 6.45) is 9.59. The number of halogens is 1. The number of hydrogen-bond donors (Lipinski definition) is 2. The summed E-state index contributed by atoms with van der Waals surface area (Å²) in [7, 11) is 1.77. The maximum atomic E-state index is 6.30. The SMILES string of the molecule is CCc1cc(Nc2ncc(Br)c(Nc3ccc4nccnc4c3P(C)C)n2)c2c(c1N1CCC(N3CCN(C)CC3)CC1)CCO2. The summed E-state index contributed by atoms with van der Waals surface area (Å²) < 4.78 is 7.08. The zero-order valence-electron chi connectivity index (χ0n) is 27.2. The number of piperidine rings is 1. The van der Waals surface area contributed by atoms with Crippen LogP contribution >= 0.6 is 23.9 Å². The molecule has 2 N–H and O–H groups in total. The number of hydrogen-bond acceptors (Lipinski definition) is 10. The van der Waals surface area contributed by atoms with Gasteiger partial charge in [-0.3, -0.25) is 14.9 Å². The van der Waals surface area contributed by atoms with Gasteiger partial charge in [-0.2, -0.15) is 4.98 Å². The van der Waals surface area contributed by atoms with Gasteiger partial charge in [0, 0.05) is 92.6 Å². The summed E-state index contributed by atoms with van der Waals surface area (Å²) in [5.41, 5.74) is 7.79. The van der Waals surface area contributed by atoms with E-state index in [2.05, 4.69) is 95.6 Å². The first-order chi connectivity index (χ1) is 22.4.